The number of ketones is 1. The average Bonchev–Trinajstić information content (AvgIpc) is 2.61. The van der Waals surface area contributed by atoms with Crippen LogP contribution in [0.25, 0.3) is 0 Å². The summed E-state index contributed by atoms with van der Waals surface area (Å²) >= 11 is 0. The van der Waals surface area contributed by atoms with Crippen molar-refractivity contribution in [3.63, 3.8) is 0 Å². The van der Waals surface area contributed by atoms with Crippen LogP contribution in [0, 0.1) is 0 Å². The Balaban J connectivity index is 2.47. The Hall–Kier alpha value is -3.10. The predicted molar refractivity (Wildman–Crippen MR) is 104 cm³/mol. The van der Waals surface area contributed by atoms with Crippen molar-refractivity contribution in [2.24, 2.45) is 0 Å². The first-order valence-corrected chi connectivity index (χ1v) is 8.37. The van der Waals surface area contributed by atoms with Crippen LogP contribution in [0.1, 0.15) is 36.7 Å². The maximum Gasteiger partial charge on any atom is 0.415 e. The van der Waals surface area contributed by atoms with Gasteiger partial charge in [0.2, 0.25) is 0 Å². The third-order valence-electron chi connectivity index (χ3n) is 3.51. The highest BCUT2D eigenvalue weighted by molar-refractivity contribution is 6.13. The molecule has 0 aliphatic heterocycles. The molecule has 0 bridgehead atoms. The average molecular weight is 349 g/mol. The predicted octanol–water partition coefficient (Wildman–Crippen LogP) is 5.00. The molecule has 0 saturated heterocycles. The molecule has 2 aromatic carbocycles. The van der Waals surface area contributed by atoms with Gasteiger partial charge in [-0.3, -0.25) is 9.69 Å². The van der Waals surface area contributed by atoms with E-state index in [4.69, 9.17) is 4.74 Å². The molecule has 2 rings (SSSR count). The second-order valence-electron chi connectivity index (χ2n) is 6.71. The number of carbonyl (C=O) groups excluding carboxylic acids is 2. The molecule has 0 unspecified atom stereocenters. The van der Waals surface area contributed by atoms with Crippen molar-refractivity contribution in [1.82, 2.24) is 0 Å². The van der Waals surface area contributed by atoms with E-state index in [1.54, 1.807) is 63.2 Å². The van der Waals surface area contributed by atoms with Gasteiger partial charge in [0.1, 0.15) is 5.60 Å². The van der Waals surface area contributed by atoms with Crippen molar-refractivity contribution >= 4 is 17.6 Å². The van der Waals surface area contributed by atoms with Gasteiger partial charge in [0.25, 0.3) is 0 Å². The molecule has 0 aliphatic carbocycles. The molecule has 4 heteroatoms. The molecule has 0 radical (unpaired) electrons. The summed E-state index contributed by atoms with van der Waals surface area (Å²) in [6.07, 6.45) is 1.09. The molecule has 134 valence electrons. The van der Waals surface area contributed by atoms with Gasteiger partial charge >= 0.3 is 6.09 Å². The number of nitrogens with zero attached hydrogens (tertiary/aromatic N) is 1. The molecule has 0 aliphatic rings. The lowest BCUT2D eigenvalue weighted by molar-refractivity contribution is 0.0584. The number of hydrogen-bond donors (Lipinski definition) is 0. The van der Waals surface area contributed by atoms with E-state index in [2.05, 4.69) is 12.3 Å². The summed E-state index contributed by atoms with van der Waals surface area (Å²) < 4.78 is 5.50. The summed E-state index contributed by atoms with van der Waals surface area (Å²) in [5, 5.41) is 0. The van der Waals surface area contributed by atoms with Crippen LogP contribution in [0.2, 0.25) is 0 Å². The number of benzene rings is 2. The largest absolute Gasteiger partial charge is 0.443 e. The van der Waals surface area contributed by atoms with Crippen LogP contribution in [0.5, 0.6) is 0 Å². The number of amides is 1. The van der Waals surface area contributed by atoms with Crippen LogP contribution < -0.4 is 4.90 Å². The van der Waals surface area contributed by atoms with E-state index in [0.717, 1.165) is 0 Å². The Bertz CT molecular complexity index is 828. The summed E-state index contributed by atoms with van der Waals surface area (Å²) in [5.41, 5.74) is 3.49. The molecule has 0 fully saturated rings. The molecular weight excluding hydrogens is 326 g/mol. The Morgan fingerprint density at radius 1 is 1.08 bits per heavy atom. The van der Waals surface area contributed by atoms with E-state index in [1.807, 2.05) is 18.2 Å². The number of carbonyl (C=O) groups is 2. The molecule has 2 aromatic rings. The maximum atomic E-state index is 12.9. The van der Waals surface area contributed by atoms with Crippen molar-refractivity contribution in [1.29, 1.82) is 0 Å². The minimum atomic E-state index is -0.647. The van der Waals surface area contributed by atoms with Gasteiger partial charge in [-0.1, -0.05) is 49.0 Å². The quantitative estimate of drug-likeness (QED) is 0.564. The van der Waals surface area contributed by atoms with Crippen LogP contribution in [0.15, 0.2) is 73.0 Å². The standard InChI is InChI=1S/C22H23NO3/c1-5-6-16-23(21(25)26-22(2,3)4)19-15-11-10-14-18(19)20(24)17-12-8-7-9-13-17/h6-15H,1,16H2,2-4H3. The third-order valence-corrected chi connectivity index (χ3v) is 3.51. The molecule has 26 heavy (non-hydrogen) atoms. The monoisotopic (exact) mass is 349 g/mol. The molecule has 0 spiro atoms. The van der Waals surface area contributed by atoms with Crippen LogP contribution in [0.3, 0.4) is 0 Å². The first-order valence-electron chi connectivity index (χ1n) is 8.37. The smallest absolute Gasteiger partial charge is 0.415 e. The van der Waals surface area contributed by atoms with Gasteiger partial charge in [0, 0.05) is 11.1 Å². The number of anilines is 1. The normalized spacial score (nSPS) is 10.6. The lowest BCUT2D eigenvalue weighted by Gasteiger charge is -2.27. The highest BCUT2D eigenvalue weighted by Gasteiger charge is 2.26. The van der Waals surface area contributed by atoms with Crippen molar-refractivity contribution < 1.29 is 14.3 Å². The van der Waals surface area contributed by atoms with Crippen LogP contribution >= 0.6 is 0 Å². The topological polar surface area (TPSA) is 46.6 Å². The van der Waals surface area contributed by atoms with Crippen molar-refractivity contribution in [2.75, 3.05) is 11.4 Å². The van der Waals surface area contributed by atoms with Crippen LogP contribution in [-0.2, 0) is 4.74 Å². The summed E-state index contributed by atoms with van der Waals surface area (Å²) in [4.78, 5) is 27.1. The second kappa shape index (κ2) is 8.32. The molecule has 1 amide bonds. The summed E-state index contributed by atoms with van der Waals surface area (Å²) in [6, 6.07) is 16.0. The van der Waals surface area contributed by atoms with Crippen molar-refractivity contribution in [2.45, 2.75) is 26.4 Å². The third kappa shape index (κ3) is 4.95. The Morgan fingerprint density at radius 2 is 1.69 bits per heavy atom. The number of para-hydroxylation sites is 1. The van der Waals surface area contributed by atoms with Gasteiger partial charge < -0.3 is 4.74 Å². The van der Waals surface area contributed by atoms with Crippen molar-refractivity contribution in [3.8, 4) is 0 Å². The number of hydrogen-bond acceptors (Lipinski definition) is 3. The SMILES string of the molecule is C=C=CCN(C(=O)OC(C)(C)C)c1ccccc1C(=O)c1ccccc1. The van der Waals surface area contributed by atoms with E-state index in [1.165, 1.54) is 4.90 Å². The molecule has 0 aromatic heterocycles. The van der Waals surface area contributed by atoms with Gasteiger partial charge in [0.15, 0.2) is 5.78 Å². The minimum Gasteiger partial charge on any atom is -0.443 e. The number of rotatable bonds is 5. The molecule has 0 heterocycles. The van der Waals surface area contributed by atoms with E-state index in [0.29, 0.717) is 16.8 Å². The van der Waals surface area contributed by atoms with E-state index < -0.39 is 11.7 Å². The summed E-state index contributed by atoms with van der Waals surface area (Å²) in [6.45, 7) is 9.14. The first-order chi connectivity index (χ1) is 12.3. The fourth-order valence-electron chi connectivity index (χ4n) is 2.39. The Kier molecular flexibility index (Phi) is 6.16. The van der Waals surface area contributed by atoms with Crippen LogP contribution in [-0.4, -0.2) is 24.0 Å². The molecule has 0 atom stereocenters. The molecule has 4 nitrogen and oxygen atoms in total. The zero-order valence-corrected chi connectivity index (χ0v) is 15.4. The van der Waals surface area contributed by atoms with Gasteiger partial charge in [0.05, 0.1) is 12.2 Å². The zero-order chi connectivity index (χ0) is 19.2. The Morgan fingerprint density at radius 3 is 2.31 bits per heavy atom. The van der Waals surface area contributed by atoms with Crippen LogP contribution in [0.4, 0.5) is 10.5 Å². The number of ether oxygens (including phenoxy) is 1. The lowest BCUT2D eigenvalue weighted by Crippen LogP contribution is -2.37. The summed E-state index contributed by atoms with van der Waals surface area (Å²) in [7, 11) is 0. The zero-order valence-electron chi connectivity index (χ0n) is 15.4. The van der Waals surface area contributed by atoms with Crippen molar-refractivity contribution in [3.05, 3.63) is 84.1 Å². The maximum absolute atomic E-state index is 12.9. The summed E-state index contributed by atoms with van der Waals surface area (Å²) in [5.74, 6) is -0.155. The first kappa shape index (κ1) is 19.2. The molecular formula is C22H23NO3. The fourth-order valence-corrected chi connectivity index (χ4v) is 2.39. The van der Waals surface area contributed by atoms with E-state index >= 15 is 0 Å². The second-order valence-corrected chi connectivity index (χ2v) is 6.71. The van der Waals surface area contributed by atoms with Gasteiger partial charge in [-0.05, 0) is 39.0 Å². The molecule has 0 N–H and O–H groups in total. The van der Waals surface area contributed by atoms with E-state index in [-0.39, 0.29) is 12.3 Å². The minimum absolute atomic E-state index is 0.155. The van der Waals surface area contributed by atoms with Gasteiger partial charge in [-0.2, -0.15) is 0 Å². The van der Waals surface area contributed by atoms with Gasteiger partial charge in [-0.15, -0.1) is 5.73 Å². The van der Waals surface area contributed by atoms with Gasteiger partial charge in [-0.25, -0.2) is 4.79 Å². The fraction of sp³-hybridized carbons (Fsp3) is 0.227. The highest BCUT2D eigenvalue weighted by atomic mass is 16.6. The highest BCUT2D eigenvalue weighted by Crippen LogP contribution is 2.25. The molecule has 0 saturated carbocycles. The van der Waals surface area contributed by atoms with E-state index in [9.17, 15) is 9.59 Å². The lowest BCUT2D eigenvalue weighted by atomic mass is 10.0. The Labute approximate surface area is 154 Å².